The Labute approximate surface area is 573 Å². The largest absolute Gasteiger partial charge is 0.393 e. The number of benzene rings is 4. The average molecular weight is 1320 g/mol. The number of aryl methyl sites for hydroxylation is 1. The average Bonchev–Trinajstić information content (AvgIpc) is 1.53. The first-order valence-electron chi connectivity index (χ1n) is 34.8. The number of nitrogens with zero attached hydrogens (tertiary/aromatic N) is 10. The molecule has 6 unspecified atom stereocenters. The Kier molecular flexibility index (Phi) is 16.9. The number of carbonyl (C=O) groups is 3. The normalized spacial score (nSPS) is 36.0. The number of halogens is 1. The van der Waals surface area contributed by atoms with Crippen LogP contribution >= 0.6 is 0 Å². The molecule has 9 N–H and O–H groups in total. The van der Waals surface area contributed by atoms with E-state index in [1.165, 1.54) is 0 Å². The minimum Gasteiger partial charge on any atom is -0.393 e. The Bertz CT molecular complexity index is 4260. The van der Waals surface area contributed by atoms with Gasteiger partial charge in [0.2, 0.25) is 0 Å². The molecule has 10 aliphatic rings. The van der Waals surface area contributed by atoms with Crippen LogP contribution in [0.2, 0.25) is 0 Å². The van der Waals surface area contributed by atoms with E-state index in [0.717, 1.165) is 50.1 Å². The molecule has 4 saturated carbocycles. The van der Waals surface area contributed by atoms with Gasteiger partial charge in [-0.2, -0.15) is 15.8 Å². The van der Waals surface area contributed by atoms with E-state index < -0.39 is 56.8 Å². The van der Waals surface area contributed by atoms with Gasteiger partial charge in [0.1, 0.15) is 5.67 Å². The second-order valence-corrected chi connectivity index (χ2v) is 31.5. The fourth-order valence-electron chi connectivity index (χ4n) is 20.6. The van der Waals surface area contributed by atoms with E-state index in [1.54, 1.807) is 46.1 Å². The van der Waals surface area contributed by atoms with Crippen LogP contribution in [0.25, 0.3) is 0 Å². The third-order valence-corrected chi connectivity index (χ3v) is 24.6. The number of pyridine rings is 1. The van der Waals surface area contributed by atoms with Gasteiger partial charge in [0.05, 0.1) is 59.8 Å². The van der Waals surface area contributed by atoms with Gasteiger partial charge in [0.15, 0.2) is 34.5 Å². The van der Waals surface area contributed by atoms with E-state index in [0.29, 0.717) is 113 Å². The highest BCUT2D eigenvalue weighted by atomic mass is 19.1. The standard InChI is InChI=1S/C27H30N4O2.C26H29N5O2.C25H31FN4O2/c1-16-5-4-6-20(9-16)15-31-24(33)27(30-25(31)29)22-10-19(14-28)7-8-21(22)13-26(27)11-17(2)23(32)18(3)12-26;1-16-12-25(13-17(2)22(16)32)14-20-4-3-19(15-27)11-21(20)26(25)23(33)31(24(28)30-26)10-7-18-5-8-29-9-6-18;1-14-7-24(8-15(2)20(14)31)11-18-5-4-16(12-27)6-19(18)25(24)21(32)30(22(28)29-25)13-17-9-23(3,26)10-17/h4-10,17-18,23,32H,11-13,15H2,1-3H3,(H2,29,30);3-6,8-9,11,16-17,22,32H,7,10,12-14H2,1-2H3,(H2,28,30);4-6,14-15,17,20,31H,7-11,13H2,1-3H3,(H2,28,29)/t17-,18+,23?,26?,27-;16-,17+,22?,25?,26-;14-,15+,17?,20?,23?,24?,25-/m111/s1. The summed E-state index contributed by atoms with van der Waals surface area (Å²) in [6, 6.07) is 35.3. The first kappa shape index (κ1) is 67.7. The summed E-state index contributed by atoms with van der Waals surface area (Å²) in [6.07, 6.45) is 9.75. The summed E-state index contributed by atoms with van der Waals surface area (Å²) in [4.78, 5) is 66.4. The van der Waals surface area contributed by atoms with Crippen molar-refractivity contribution in [3.05, 3.63) is 170 Å². The highest BCUT2D eigenvalue weighted by Crippen LogP contribution is 2.67. The summed E-state index contributed by atoms with van der Waals surface area (Å²) >= 11 is 0. The lowest BCUT2D eigenvalue weighted by molar-refractivity contribution is -0.142. The highest BCUT2D eigenvalue weighted by Gasteiger charge is 2.71. The predicted molar refractivity (Wildman–Crippen MR) is 368 cm³/mol. The van der Waals surface area contributed by atoms with Gasteiger partial charge >= 0.3 is 0 Å². The van der Waals surface area contributed by atoms with Gasteiger partial charge in [0, 0.05) is 41.7 Å². The quantitative estimate of drug-likeness (QED) is 0.0887. The summed E-state index contributed by atoms with van der Waals surface area (Å²) in [5.74, 6) is 0.464. The fraction of sp³-hybridized carbons (Fsp3) is 0.513. The topological polar surface area (TPSA) is 321 Å². The zero-order valence-electron chi connectivity index (χ0n) is 57.3. The second kappa shape index (κ2) is 24.5. The van der Waals surface area contributed by atoms with E-state index in [9.17, 15) is 49.9 Å². The number of hydrogen-bond acceptors (Lipinski definition) is 16. The third kappa shape index (κ3) is 10.5. The van der Waals surface area contributed by atoms with Crippen LogP contribution in [0.4, 0.5) is 4.39 Å². The fourth-order valence-corrected chi connectivity index (χ4v) is 20.6. The molecule has 510 valence electrons. The van der Waals surface area contributed by atoms with Gasteiger partial charge in [0.25, 0.3) is 17.7 Å². The Morgan fingerprint density at radius 3 is 1.26 bits per heavy atom. The van der Waals surface area contributed by atoms with Gasteiger partial charge in [-0.3, -0.25) is 34.1 Å². The molecule has 20 heteroatoms. The molecule has 98 heavy (non-hydrogen) atoms. The number of aliphatic hydroxyl groups excluding tert-OH is 3. The number of alkyl halides is 1. The van der Waals surface area contributed by atoms with Gasteiger partial charge in [-0.15, -0.1) is 0 Å². The summed E-state index contributed by atoms with van der Waals surface area (Å²) in [7, 11) is 0. The van der Waals surface area contributed by atoms with Crippen LogP contribution in [0, 0.1) is 98.6 Å². The molecule has 3 amide bonds. The minimum absolute atomic E-state index is 0.0116. The van der Waals surface area contributed by atoms with Crippen molar-refractivity contribution >= 4 is 35.6 Å². The van der Waals surface area contributed by atoms with Crippen LogP contribution in [-0.2, 0) is 63.2 Å². The molecular weight excluding hydrogens is 1230 g/mol. The van der Waals surface area contributed by atoms with Crippen LogP contribution in [0.1, 0.15) is 167 Å². The molecule has 4 fully saturated rings. The van der Waals surface area contributed by atoms with Crippen LogP contribution in [0.15, 0.2) is 118 Å². The number of fused-ring (bicyclic) bond motifs is 9. The van der Waals surface area contributed by atoms with Crippen molar-refractivity contribution in [3.8, 4) is 18.2 Å². The molecule has 4 aromatic carbocycles. The highest BCUT2D eigenvalue weighted by molar-refractivity contribution is 6.10. The van der Waals surface area contributed by atoms with Crippen molar-refractivity contribution in [1.82, 2.24) is 19.7 Å². The summed E-state index contributed by atoms with van der Waals surface area (Å²) in [6.45, 7) is 17.0. The molecule has 19 nitrogen and oxygen atoms in total. The van der Waals surface area contributed by atoms with Gasteiger partial charge in [-0.25, -0.2) is 19.4 Å². The number of aliphatic hydroxyl groups is 3. The van der Waals surface area contributed by atoms with Gasteiger partial charge in [-0.1, -0.05) is 89.6 Å². The number of nitriles is 3. The zero-order chi connectivity index (χ0) is 70.0. The lowest BCUT2D eigenvalue weighted by Gasteiger charge is -2.49. The molecule has 4 heterocycles. The number of guanidine groups is 3. The maximum atomic E-state index is 14.3. The zero-order valence-corrected chi connectivity index (χ0v) is 57.3. The molecule has 7 aliphatic carbocycles. The first-order chi connectivity index (χ1) is 46.5. The molecule has 5 aromatic rings. The monoisotopic (exact) mass is 1320 g/mol. The number of aromatic nitrogens is 1. The van der Waals surface area contributed by atoms with Gasteiger partial charge in [-0.05, 0) is 225 Å². The third-order valence-electron chi connectivity index (χ3n) is 24.6. The molecule has 15 rings (SSSR count). The van der Waals surface area contributed by atoms with Crippen molar-refractivity contribution in [2.75, 3.05) is 13.1 Å². The van der Waals surface area contributed by atoms with Crippen molar-refractivity contribution < 1.29 is 34.1 Å². The molecule has 15 atom stereocenters. The van der Waals surface area contributed by atoms with Crippen molar-refractivity contribution in [1.29, 1.82) is 15.8 Å². The van der Waals surface area contributed by atoms with E-state index in [4.69, 9.17) is 32.2 Å². The maximum Gasteiger partial charge on any atom is 0.262 e. The number of carbonyl (C=O) groups excluding carboxylic acids is 3. The second-order valence-electron chi connectivity index (χ2n) is 31.5. The predicted octanol–water partition coefficient (Wildman–Crippen LogP) is 8.92. The summed E-state index contributed by atoms with van der Waals surface area (Å²) in [5.41, 5.74) is 23.3. The molecule has 0 radical (unpaired) electrons. The van der Waals surface area contributed by atoms with E-state index in [-0.39, 0.29) is 77.0 Å². The SMILES string of the molecule is C[C@@H]1CC2(Cc3ccc(C#N)cc3[C@]23N=C(N)N(CC2CC(C)(F)C2)C3=O)C[C@H](C)C1O.C[C@@H]1CC2(Cc3ccc(C#N)cc3[C@]23N=C(N)N(CCc2ccncc2)C3=O)C[C@H](C)C1O.Cc1cccc(CN2C(=O)[C@]3(N=C2N)c2cc(C#N)ccc2CC32C[C@@H](C)C(O)[C@@H](C)C2)c1. The Balaban J connectivity index is 0.000000132. The molecule has 1 aromatic heterocycles. The Morgan fingerprint density at radius 2 is 0.878 bits per heavy atom. The Morgan fingerprint density at radius 1 is 0.510 bits per heavy atom. The van der Waals surface area contributed by atoms with Crippen LogP contribution in [0.5, 0.6) is 0 Å². The number of nitrogens with two attached hydrogens (primary N) is 3. The molecule has 6 spiro atoms. The van der Waals surface area contributed by atoms with Crippen molar-refractivity contribution in [3.63, 3.8) is 0 Å². The summed E-state index contributed by atoms with van der Waals surface area (Å²) in [5, 5.41) is 60.7. The smallest absolute Gasteiger partial charge is 0.262 e. The molecule has 0 saturated heterocycles. The van der Waals surface area contributed by atoms with E-state index in [1.807, 2.05) is 107 Å². The van der Waals surface area contributed by atoms with Crippen LogP contribution in [0.3, 0.4) is 0 Å². The van der Waals surface area contributed by atoms with Crippen molar-refractivity contribution in [2.45, 2.75) is 180 Å². The number of aliphatic imine (C=N–C) groups is 3. The minimum atomic E-state index is -1.19. The Hall–Kier alpha value is -8.87. The molecular formula is C78H90FN13O6. The number of rotatable bonds is 7. The molecule has 0 bridgehead atoms. The number of hydrogen-bond donors (Lipinski definition) is 6. The number of amides is 3. The van der Waals surface area contributed by atoms with Crippen molar-refractivity contribution in [2.24, 2.45) is 89.8 Å². The summed E-state index contributed by atoms with van der Waals surface area (Å²) < 4.78 is 14.1. The van der Waals surface area contributed by atoms with Gasteiger partial charge < -0.3 is 32.5 Å². The van der Waals surface area contributed by atoms with Crippen LogP contribution < -0.4 is 17.2 Å². The van der Waals surface area contributed by atoms with Crippen LogP contribution in [-0.4, -0.2) is 108 Å². The van der Waals surface area contributed by atoms with E-state index in [2.05, 4.69) is 43.1 Å². The lowest BCUT2D eigenvalue weighted by atomic mass is 9.56. The first-order valence-corrected chi connectivity index (χ1v) is 34.8. The lowest BCUT2D eigenvalue weighted by Crippen LogP contribution is -2.56. The maximum absolute atomic E-state index is 14.3. The molecule has 3 aliphatic heterocycles. The van der Waals surface area contributed by atoms with E-state index >= 15 is 0 Å².